The first-order valence-electron chi connectivity index (χ1n) is 10.4. The van der Waals surface area contributed by atoms with Gasteiger partial charge in [0.25, 0.3) is 0 Å². The number of allylic oxidation sites excluding steroid dienone is 1. The number of rotatable bonds is 5. The minimum Gasteiger partial charge on any atom is -0.332 e. The Balaban J connectivity index is 1.41. The fourth-order valence-corrected chi connectivity index (χ4v) is 6.38. The molecule has 10 nitrogen and oxygen atoms in total. The lowest BCUT2D eigenvalue weighted by molar-refractivity contribution is 0.607. The Hall–Kier alpha value is -3.78. The van der Waals surface area contributed by atoms with Gasteiger partial charge < -0.3 is 4.98 Å². The zero-order chi connectivity index (χ0) is 24.0. The van der Waals surface area contributed by atoms with Gasteiger partial charge in [-0.05, 0) is 28.3 Å². The maximum absolute atomic E-state index is 11.6. The van der Waals surface area contributed by atoms with E-state index in [1.165, 1.54) is 6.20 Å². The number of H-pyrrole nitrogens is 2. The Morgan fingerprint density at radius 1 is 1.03 bits per heavy atom. The first-order chi connectivity index (χ1) is 16.9. The molecule has 1 aliphatic rings. The number of halogens is 1. The van der Waals surface area contributed by atoms with Crippen molar-refractivity contribution in [1.82, 2.24) is 35.1 Å². The van der Waals surface area contributed by atoms with Gasteiger partial charge in [0.05, 0.1) is 27.2 Å². The molecule has 0 radical (unpaired) electrons. The molecule has 5 aromatic rings. The van der Waals surface area contributed by atoms with Crippen LogP contribution in [0.25, 0.3) is 39.3 Å². The number of nitrogens with one attached hydrogen (secondary N) is 3. The van der Waals surface area contributed by atoms with E-state index in [0.29, 0.717) is 17.2 Å². The molecule has 5 aromatic heterocycles. The summed E-state index contributed by atoms with van der Waals surface area (Å²) in [5, 5.41) is 8.22. The number of fused-ring (bicyclic) bond motifs is 2. The Kier molecular flexibility index (Phi) is 5.25. The summed E-state index contributed by atoms with van der Waals surface area (Å²) in [4.78, 5) is 21.3. The van der Waals surface area contributed by atoms with Crippen molar-refractivity contribution in [2.75, 3.05) is 11.0 Å². The largest absolute Gasteiger partial charge is 0.332 e. The number of anilines is 1. The summed E-state index contributed by atoms with van der Waals surface area (Å²) < 4.78 is 29.0. The second kappa shape index (κ2) is 8.46. The molecule has 0 atom stereocenters. The van der Waals surface area contributed by atoms with Crippen LogP contribution >= 0.6 is 20.7 Å². The van der Waals surface area contributed by atoms with Crippen LogP contribution in [-0.4, -0.2) is 53.8 Å². The summed E-state index contributed by atoms with van der Waals surface area (Å²) in [6.45, 7) is 0. The van der Waals surface area contributed by atoms with Gasteiger partial charge in [0.15, 0.2) is 11.5 Å². The van der Waals surface area contributed by atoms with Crippen LogP contribution in [-0.2, 0) is 10.0 Å². The topological polar surface area (TPSA) is 142 Å². The monoisotopic (exact) mass is 596 g/mol. The van der Waals surface area contributed by atoms with E-state index in [2.05, 4.69) is 44.9 Å². The molecule has 0 aliphatic carbocycles. The summed E-state index contributed by atoms with van der Waals surface area (Å²) >= 11 is -0.338. The lowest BCUT2D eigenvalue weighted by Gasteiger charge is -2.07. The number of hydrogen-bond acceptors (Lipinski definition) is 7. The van der Waals surface area contributed by atoms with Crippen molar-refractivity contribution in [3.05, 3.63) is 76.3 Å². The SMILES string of the molecule is CS(=O)(=O)Nc1cncc(-c2cnc3n[nH]c(-c4nc5c([nH]4)I=CC=C5c4cccnc4)c3c2)c1. The molecule has 0 unspecified atom stereocenters. The third-order valence-corrected chi connectivity index (χ3v) is 8.04. The maximum Gasteiger partial charge on any atom is 0.229 e. The molecule has 0 amide bonds. The van der Waals surface area contributed by atoms with Crippen molar-refractivity contribution < 1.29 is 8.42 Å². The molecule has 0 fully saturated rings. The van der Waals surface area contributed by atoms with E-state index in [-0.39, 0.29) is 20.7 Å². The maximum atomic E-state index is 11.6. The van der Waals surface area contributed by atoms with E-state index in [9.17, 15) is 8.42 Å². The van der Waals surface area contributed by atoms with Crippen molar-refractivity contribution in [2.45, 2.75) is 0 Å². The molecule has 12 heteroatoms. The van der Waals surface area contributed by atoms with Gasteiger partial charge in [-0.15, -0.1) is 0 Å². The summed E-state index contributed by atoms with van der Waals surface area (Å²) in [7, 11) is -3.41. The van der Waals surface area contributed by atoms with Gasteiger partial charge in [-0.2, -0.15) is 5.10 Å². The molecule has 35 heavy (non-hydrogen) atoms. The van der Waals surface area contributed by atoms with Crippen LogP contribution in [0.15, 0.2) is 61.3 Å². The van der Waals surface area contributed by atoms with E-state index in [4.69, 9.17) is 4.98 Å². The van der Waals surface area contributed by atoms with Gasteiger partial charge in [-0.1, -0.05) is 26.8 Å². The number of aromatic amines is 2. The molecule has 0 aromatic carbocycles. The molecule has 1 aliphatic heterocycles. The predicted octanol–water partition coefficient (Wildman–Crippen LogP) is 3.56. The van der Waals surface area contributed by atoms with E-state index in [0.717, 1.165) is 49.0 Å². The molecule has 3 N–H and O–H groups in total. The third kappa shape index (κ3) is 4.25. The van der Waals surface area contributed by atoms with E-state index in [1.807, 2.05) is 24.4 Å². The van der Waals surface area contributed by atoms with Gasteiger partial charge in [-0.25, -0.2) is 18.4 Å². The summed E-state index contributed by atoms with van der Waals surface area (Å²) in [5.41, 5.74) is 6.15. The van der Waals surface area contributed by atoms with E-state index >= 15 is 0 Å². The second-order valence-corrected chi connectivity index (χ2v) is 12.0. The highest BCUT2D eigenvalue weighted by Gasteiger charge is 2.21. The van der Waals surface area contributed by atoms with Crippen molar-refractivity contribution in [3.8, 4) is 22.6 Å². The Bertz CT molecular complexity index is 1760. The van der Waals surface area contributed by atoms with Gasteiger partial charge in [0.1, 0.15) is 11.4 Å². The number of sulfonamides is 1. The molecule has 0 spiro atoms. The zero-order valence-electron chi connectivity index (χ0n) is 18.2. The van der Waals surface area contributed by atoms with Crippen molar-refractivity contribution in [1.29, 1.82) is 0 Å². The molecular formula is C23H17IN8O2S. The molecule has 0 saturated carbocycles. The van der Waals surface area contributed by atoms with Crippen LogP contribution in [0.4, 0.5) is 5.69 Å². The lowest BCUT2D eigenvalue weighted by atomic mass is 10.1. The highest BCUT2D eigenvalue weighted by Crippen LogP contribution is 2.34. The van der Waals surface area contributed by atoms with Gasteiger partial charge in [0, 0.05) is 47.1 Å². The molecular weight excluding hydrogens is 579 g/mol. The van der Waals surface area contributed by atoms with Crippen LogP contribution in [0.1, 0.15) is 11.3 Å². The summed E-state index contributed by atoms with van der Waals surface area (Å²) in [6, 6.07) is 7.60. The van der Waals surface area contributed by atoms with Crippen LogP contribution in [0.2, 0.25) is 0 Å². The number of aromatic nitrogens is 7. The van der Waals surface area contributed by atoms with Crippen molar-refractivity contribution >= 4 is 57.1 Å². The number of nitrogens with zero attached hydrogens (tertiary/aromatic N) is 5. The molecule has 6 heterocycles. The summed E-state index contributed by atoms with van der Waals surface area (Å²) in [6.07, 6.45) is 11.6. The average molecular weight is 596 g/mol. The molecule has 6 rings (SSSR count). The minimum absolute atomic E-state index is 0.338. The normalized spacial score (nSPS) is 13.2. The van der Waals surface area contributed by atoms with E-state index in [1.54, 1.807) is 24.7 Å². The molecule has 0 bridgehead atoms. The molecule has 174 valence electrons. The fraction of sp³-hybridized carbons (Fsp3) is 0.0435. The zero-order valence-corrected chi connectivity index (χ0v) is 21.2. The average Bonchev–Trinajstić information content (AvgIpc) is 3.47. The fourth-order valence-electron chi connectivity index (χ4n) is 3.83. The second-order valence-electron chi connectivity index (χ2n) is 7.84. The van der Waals surface area contributed by atoms with Crippen molar-refractivity contribution in [2.24, 2.45) is 0 Å². The van der Waals surface area contributed by atoms with Gasteiger partial charge in [0.2, 0.25) is 10.0 Å². The Morgan fingerprint density at radius 3 is 2.71 bits per heavy atom. The van der Waals surface area contributed by atoms with Gasteiger partial charge in [-0.3, -0.25) is 19.8 Å². The van der Waals surface area contributed by atoms with Crippen LogP contribution < -0.4 is 4.72 Å². The number of hydrogen-bond donors (Lipinski definition) is 3. The minimum atomic E-state index is -3.41. The summed E-state index contributed by atoms with van der Waals surface area (Å²) in [5.74, 6) is 0.687. The van der Waals surface area contributed by atoms with Crippen LogP contribution in [0.5, 0.6) is 0 Å². The predicted molar refractivity (Wildman–Crippen MR) is 143 cm³/mol. The standard InChI is InChI=1S/C23H17IN8O2S/c1-35(33,34)32-16-7-14(10-26-12-16)15-8-18-20(30-31-22(18)27-11-15)23-28-19-17(4-5-24-21(19)29-23)13-3-2-6-25-9-13/h2-12,32H,1H3,(H,28,29)(H,27,30,31). The van der Waals surface area contributed by atoms with Crippen LogP contribution in [0.3, 0.4) is 0 Å². The van der Waals surface area contributed by atoms with Crippen LogP contribution in [0, 0.1) is 3.70 Å². The highest BCUT2D eigenvalue weighted by molar-refractivity contribution is 14.2. The number of imidazole rings is 1. The lowest BCUT2D eigenvalue weighted by Crippen LogP contribution is -2.09. The number of pyridine rings is 3. The van der Waals surface area contributed by atoms with Crippen molar-refractivity contribution in [3.63, 3.8) is 0 Å². The Labute approximate surface area is 209 Å². The van der Waals surface area contributed by atoms with Gasteiger partial charge >= 0.3 is 0 Å². The first kappa shape index (κ1) is 21.7. The highest BCUT2D eigenvalue weighted by atomic mass is 127. The smallest absolute Gasteiger partial charge is 0.229 e. The molecule has 0 saturated heterocycles. The van der Waals surface area contributed by atoms with E-state index < -0.39 is 10.0 Å². The Morgan fingerprint density at radius 2 is 1.89 bits per heavy atom. The third-order valence-electron chi connectivity index (χ3n) is 5.31. The first-order valence-corrected chi connectivity index (χ1v) is 14.6. The quantitative estimate of drug-likeness (QED) is 0.264.